The Labute approximate surface area is 160 Å². The maximum atomic E-state index is 10.9. The number of thiocarbonyl (C=S) groups is 1. The van der Waals surface area contributed by atoms with Crippen LogP contribution in [0.5, 0.6) is 11.5 Å². The number of nitro benzene ring substituents is 1. The summed E-state index contributed by atoms with van der Waals surface area (Å²) in [6.07, 6.45) is 0. The summed E-state index contributed by atoms with van der Waals surface area (Å²) in [7, 11) is 0. The third-order valence-corrected chi connectivity index (χ3v) is 4.37. The van der Waals surface area contributed by atoms with Crippen molar-refractivity contribution < 1.29 is 14.4 Å². The minimum atomic E-state index is -0.490. The number of nitrogens with one attached hydrogen (secondary N) is 2. The maximum Gasteiger partial charge on any atom is 0.271 e. The molecule has 0 radical (unpaired) electrons. The number of anilines is 1. The quantitative estimate of drug-likeness (QED) is 0.460. The Morgan fingerprint density at radius 3 is 2.69 bits per heavy atom. The Hall–Kier alpha value is -2.58. The topological polar surface area (TPSA) is 85.7 Å². The van der Waals surface area contributed by atoms with E-state index < -0.39 is 4.92 Å². The van der Waals surface area contributed by atoms with E-state index in [4.69, 9.17) is 33.3 Å². The monoisotopic (exact) mass is 393 g/mol. The van der Waals surface area contributed by atoms with Crippen molar-refractivity contribution in [3.05, 3.63) is 57.1 Å². The molecular formula is C17H16ClN3O4S. The van der Waals surface area contributed by atoms with Crippen LogP contribution in [0.3, 0.4) is 0 Å². The molecule has 136 valence electrons. The van der Waals surface area contributed by atoms with Gasteiger partial charge in [-0.3, -0.25) is 10.1 Å². The smallest absolute Gasteiger partial charge is 0.271 e. The van der Waals surface area contributed by atoms with Crippen LogP contribution in [0, 0.1) is 10.1 Å². The first-order valence-electron chi connectivity index (χ1n) is 7.85. The zero-order valence-corrected chi connectivity index (χ0v) is 15.4. The second kappa shape index (κ2) is 7.76. The second-order valence-electron chi connectivity index (χ2n) is 5.64. The lowest BCUT2D eigenvalue weighted by Gasteiger charge is -2.22. The number of non-ortho nitro benzene ring substituents is 1. The Morgan fingerprint density at radius 1 is 1.23 bits per heavy atom. The maximum absolute atomic E-state index is 10.9. The molecule has 0 saturated carbocycles. The average molecular weight is 394 g/mol. The van der Waals surface area contributed by atoms with Crippen LogP contribution in [0.25, 0.3) is 0 Å². The van der Waals surface area contributed by atoms with E-state index >= 15 is 0 Å². The van der Waals surface area contributed by atoms with Gasteiger partial charge < -0.3 is 20.1 Å². The molecule has 2 aromatic rings. The van der Waals surface area contributed by atoms with E-state index in [0.29, 0.717) is 34.8 Å². The second-order valence-corrected chi connectivity index (χ2v) is 6.46. The fraction of sp³-hybridized carbons (Fsp3) is 0.235. The molecule has 3 rings (SSSR count). The van der Waals surface area contributed by atoms with E-state index in [1.54, 1.807) is 0 Å². The number of nitro groups is 1. The largest absolute Gasteiger partial charge is 0.486 e. The van der Waals surface area contributed by atoms with Crippen LogP contribution in [0.4, 0.5) is 11.4 Å². The molecule has 0 fully saturated rings. The number of hydrogen-bond acceptors (Lipinski definition) is 5. The number of rotatable bonds is 4. The Kier molecular flexibility index (Phi) is 5.43. The molecule has 0 aliphatic carbocycles. The van der Waals surface area contributed by atoms with Crippen LogP contribution in [-0.2, 0) is 0 Å². The summed E-state index contributed by atoms with van der Waals surface area (Å²) in [6.45, 7) is 3.00. The van der Waals surface area contributed by atoms with Crippen LogP contribution < -0.4 is 20.1 Å². The van der Waals surface area contributed by atoms with Crippen molar-refractivity contribution in [1.29, 1.82) is 0 Å². The van der Waals surface area contributed by atoms with Gasteiger partial charge >= 0.3 is 0 Å². The van der Waals surface area contributed by atoms with Crippen molar-refractivity contribution in [3.8, 4) is 11.5 Å². The van der Waals surface area contributed by atoms with E-state index in [-0.39, 0.29) is 11.7 Å². The summed E-state index contributed by atoms with van der Waals surface area (Å²) < 4.78 is 11.1. The van der Waals surface area contributed by atoms with E-state index in [1.807, 2.05) is 25.1 Å². The molecular weight excluding hydrogens is 378 g/mol. The first kappa shape index (κ1) is 18.2. The Morgan fingerprint density at radius 2 is 1.96 bits per heavy atom. The number of ether oxygens (including phenoxy) is 2. The summed E-state index contributed by atoms with van der Waals surface area (Å²) in [5.74, 6) is 1.42. The first-order valence-corrected chi connectivity index (χ1v) is 8.63. The molecule has 1 heterocycles. The van der Waals surface area contributed by atoms with Crippen molar-refractivity contribution in [3.63, 3.8) is 0 Å². The molecule has 0 spiro atoms. The normalized spacial score (nSPS) is 13.6. The lowest BCUT2D eigenvalue weighted by Crippen LogP contribution is -2.31. The summed E-state index contributed by atoms with van der Waals surface area (Å²) >= 11 is 11.4. The van der Waals surface area contributed by atoms with Gasteiger partial charge in [-0.2, -0.15) is 0 Å². The average Bonchev–Trinajstić information content (AvgIpc) is 2.62. The molecule has 1 atom stereocenters. The molecule has 7 nitrogen and oxygen atoms in total. The third kappa shape index (κ3) is 4.14. The van der Waals surface area contributed by atoms with Gasteiger partial charge in [-0.15, -0.1) is 0 Å². The van der Waals surface area contributed by atoms with Crippen LogP contribution in [0.15, 0.2) is 36.4 Å². The fourth-order valence-electron chi connectivity index (χ4n) is 2.49. The van der Waals surface area contributed by atoms with Gasteiger partial charge in [-0.05, 0) is 42.9 Å². The van der Waals surface area contributed by atoms with Gasteiger partial charge in [0.05, 0.1) is 21.7 Å². The number of benzene rings is 2. The molecule has 1 aliphatic heterocycles. The zero-order valence-electron chi connectivity index (χ0n) is 13.8. The van der Waals surface area contributed by atoms with Gasteiger partial charge in [0.15, 0.2) is 16.6 Å². The highest BCUT2D eigenvalue weighted by Crippen LogP contribution is 2.32. The van der Waals surface area contributed by atoms with E-state index in [9.17, 15) is 10.1 Å². The van der Waals surface area contributed by atoms with Crippen molar-refractivity contribution in [2.45, 2.75) is 13.0 Å². The van der Waals surface area contributed by atoms with Crippen molar-refractivity contribution >= 4 is 40.3 Å². The summed E-state index contributed by atoms with van der Waals surface area (Å²) in [5.41, 5.74) is 1.26. The van der Waals surface area contributed by atoms with Crippen LogP contribution in [0.2, 0.25) is 5.02 Å². The van der Waals surface area contributed by atoms with E-state index in [1.165, 1.54) is 18.2 Å². The lowest BCUT2D eigenvalue weighted by atomic mass is 10.1. The van der Waals surface area contributed by atoms with Gasteiger partial charge in [0.1, 0.15) is 13.2 Å². The molecule has 9 heteroatoms. The molecule has 0 saturated heterocycles. The molecule has 0 bridgehead atoms. The molecule has 0 aromatic heterocycles. The molecule has 0 amide bonds. The van der Waals surface area contributed by atoms with E-state index in [2.05, 4.69) is 10.6 Å². The molecule has 0 unspecified atom stereocenters. The van der Waals surface area contributed by atoms with Crippen molar-refractivity contribution in [2.24, 2.45) is 0 Å². The van der Waals surface area contributed by atoms with Gasteiger partial charge in [0.2, 0.25) is 0 Å². The third-order valence-electron chi connectivity index (χ3n) is 3.82. The van der Waals surface area contributed by atoms with Crippen molar-refractivity contribution in [2.75, 3.05) is 18.5 Å². The fourth-order valence-corrected chi connectivity index (χ4v) is 2.94. The minimum Gasteiger partial charge on any atom is -0.486 e. The molecule has 2 aromatic carbocycles. The van der Waals surface area contributed by atoms with E-state index in [0.717, 1.165) is 11.3 Å². The minimum absolute atomic E-state index is 0.0698. The van der Waals surface area contributed by atoms with Crippen molar-refractivity contribution in [1.82, 2.24) is 5.32 Å². The van der Waals surface area contributed by atoms with Gasteiger partial charge in [0, 0.05) is 12.1 Å². The highest BCUT2D eigenvalue weighted by Gasteiger charge is 2.16. The van der Waals surface area contributed by atoms with Crippen LogP contribution in [0.1, 0.15) is 18.5 Å². The number of halogens is 1. The predicted molar refractivity (Wildman–Crippen MR) is 103 cm³/mol. The summed E-state index contributed by atoms with van der Waals surface area (Å²) in [6, 6.07) is 9.68. The highest BCUT2D eigenvalue weighted by molar-refractivity contribution is 7.80. The lowest BCUT2D eigenvalue weighted by molar-refractivity contribution is -0.384. The first-order chi connectivity index (χ1) is 12.4. The predicted octanol–water partition coefficient (Wildman–Crippen LogP) is 4.07. The number of hydrogen-bond donors (Lipinski definition) is 2. The number of nitrogens with zero attached hydrogens (tertiary/aromatic N) is 1. The summed E-state index contributed by atoms with van der Waals surface area (Å²) in [5, 5.41) is 17.6. The molecule has 1 aliphatic rings. The van der Waals surface area contributed by atoms with Gasteiger partial charge in [-0.1, -0.05) is 17.7 Å². The Bertz CT molecular complexity index is 862. The Balaban J connectivity index is 1.68. The van der Waals surface area contributed by atoms with Gasteiger partial charge in [0.25, 0.3) is 5.69 Å². The standard InChI is InChI=1S/C17H16ClN3O4S/c1-10(11-2-5-15-16(8-11)25-7-6-24-15)19-17(26)20-14-9-12(21(22)23)3-4-13(14)18/h2-5,8-10H,6-7H2,1H3,(H2,19,20,26)/t10-/m1/s1. The summed E-state index contributed by atoms with van der Waals surface area (Å²) in [4.78, 5) is 10.4. The number of fused-ring (bicyclic) bond motifs is 1. The molecule has 2 N–H and O–H groups in total. The van der Waals surface area contributed by atoms with Crippen LogP contribution in [-0.4, -0.2) is 23.2 Å². The molecule has 26 heavy (non-hydrogen) atoms. The highest BCUT2D eigenvalue weighted by atomic mass is 35.5. The zero-order chi connectivity index (χ0) is 18.7. The van der Waals surface area contributed by atoms with Crippen LogP contribution >= 0.6 is 23.8 Å². The van der Waals surface area contributed by atoms with Gasteiger partial charge in [-0.25, -0.2) is 0 Å². The SMILES string of the molecule is C[C@@H](NC(=S)Nc1cc([N+](=O)[O-])ccc1Cl)c1ccc2c(c1)OCCO2.